The molecular weight excluding hydrogens is 605 g/mol. The van der Waals surface area contributed by atoms with Gasteiger partial charge in [0.1, 0.15) is 29.9 Å². The minimum Gasteiger partial charge on any atom is -0.461 e. The molecule has 3 N–H and O–H groups in total. The Labute approximate surface area is 256 Å². The predicted molar refractivity (Wildman–Crippen MR) is 157 cm³/mol. The lowest BCUT2D eigenvalue weighted by Gasteiger charge is -2.31. The third-order valence-corrected chi connectivity index (χ3v) is 9.95. The summed E-state index contributed by atoms with van der Waals surface area (Å²) in [5, 5.41) is 3.59. The van der Waals surface area contributed by atoms with E-state index in [0.717, 1.165) is 44.7 Å². The van der Waals surface area contributed by atoms with Crippen molar-refractivity contribution >= 4 is 34.1 Å². The van der Waals surface area contributed by atoms with Crippen LogP contribution in [0.2, 0.25) is 5.02 Å². The van der Waals surface area contributed by atoms with Crippen LogP contribution in [0.25, 0.3) is 22.2 Å². The number of nitrogens with zero attached hydrogens (tertiary/aromatic N) is 5. The number of aryl methyl sites for hydroxylation is 1. The molecule has 14 heteroatoms. The Morgan fingerprint density at radius 3 is 2.70 bits per heavy atom. The first kappa shape index (κ1) is 29.7. The first-order chi connectivity index (χ1) is 20.9. The maximum absolute atomic E-state index is 16.6. The number of ether oxygens (including phenoxy) is 1. The number of nitrogens with one attached hydrogen (secondary N) is 1. The van der Waals surface area contributed by atoms with Gasteiger partial charge in [-0.1, -0.05) is 11.6 Å². The van der Waals surface area contributed by atoms with Gasteiger partial charge in [-0.05, 0) is 63.3 Å². The Kier molecular flexibility index (Phi) is 7.28. The lowest BCUT2D eigenvalue weighted by molar-refractivity contribution is -0.137. The fourth-order valence-electron chi connectivity index (χ4n) is 7.70. The number of aromatic nitrogens is 3. The van der Waals surface area contributed by atoms with E-state index in [1.165, 1.54) is 13.0 Å². The second-order valence-electron chi connectivity index (χ2n) is 12.6. The molecule has 2 bridgehead atoms. The van der Waals surface area contributed by atoms with Crippen molar-refractivity contribution in [2.75, 3.05) is 43.4 Å². The summed E-state index contributed by atoms with van der Waals surface area (Å²) in [5.41, 5.74) is 2.49. The summed E-state index contributed by atoms with van der Waals surface area (Å²) < 4.78 is 79.9. The van der Waals surface area contributed by atoms with E-state index in [4.69, 9.17) is 27.1 Å². The Bertz CT molecular complexity index is 1620. The van der Waals surface area contributed by atoms with E-state index in [9.17, 15) is 17.6 Å². The van der Waals surface area contributed by atoms with E-state index in [0.29, 0.717) is 37.9 Å². The topological polar surface area (TPSA) is 92.4 Å². The van der Waals surface area contributed by atoms with Crippen LogP contribution in [-0.4, -0.2) is 76.4 Å². The lowest BCUT2D eigenvalue weighted by Crippen LogP contribution is -2.43. The number of anilines is 2. The standard InChI is InChI=1S/C30H33ClF5N7O/c1-15-9-21(37)39-26(23(15)30(34,35)36)22-20(31)10-19-25(24(22)33)40-28(44-14-29-6-2-7-43(29)12-16(32)11-29)41-27(19)42-8-5-17-3-4-18(13-42)38-17/h9-10,16-18,38H,2-8,11-14H2,1H3,(H2,37,39)/t16-,17-,18+,29+/m1/s1. The highest BCUT2D eigenvalue weighted by atomic mass is 35.5. The molecule has 2 aromatic heterocycles. The van der Waals surface area contributed by atoms with Crippen molar-refractivity contribution < 1.29 is 26.7 Å². The second kappa shape index (κ2) is 10.8. The third kappa shape index (κ3) is 5.10. The quantitative estimate of drug-likeness (QED) is 0.346. The van der Waals surface area contributed by atoms with Crippen molar-refractivity contribution in [3.8, 4) is 17.3 Å². The van der Waals surface area contributed by atoms with Crippen molar-refractivity contribution in [2.24, 2.45) is 0 Å². The van der Waals surface area contributed by atoms with Crippen LogP contribution in [0.15, 0.2) is 12.1 Å². The minimum absolute atomic E-state index is 0.112. The van der Waals surface area contributed by atoms with Crippen LogP contribution >= 0.6 is 11.6 Å². The molecule has 7 rings (SSSR count). The van der Waals surface area contributed by atoms with Gasteiger partial charge in [-0.3, -0.25) is 4.90 Å². The van der Waals surface area contributed by atoms with E-state index >= 15 is 4.39 Å². The minimum atomic E-state index is -4.85. The Balaban J connectivity index is 1.37. The summed E-state index contributed by atoms with van der Waals surface area (Å²) in [6, 6.07) is 2.92. The number of rotatable bonds is 5. The summed E-state index contributed by atoms with van der Waals surface area (Å²) in [5.74, 6) is -0.900. The fraction of sp³-hybridized carbons (Fsp3) is 0.567. The SMILES string of the molecule is Cc1cc(N)nc(-c2c(Cl)cc3c(N4CC[C@H]5CC[C@@H](C4)N5)nc(OC[C@@]45CCCN4C[C@H](F)C5)nc3c2F)c1C(F)(F)F. The number of nitrogen functional groups attached to an aromatic ring is 1. The molecule has 4 saturated heterocycles. The summed E-state index contributed by atoms with van der Waals surface area (Å²) >= 11 is 6.59. The highest BCUT2D eigenvalue weighted by molar-refractivity contribution is 6.34. The molecule has 44 heavy (non-hydrogen) atoms. The number of alkyl halides is 4. The zero-order valence-electron chi connectivity index (χ0n) is 24.2. The Morgan fingerprint density at radius 2 is 1.91 bits per heavy atom. The normalized spacial score (nSPS) is 27.2. The molecule has 0 radical (unpaired) electrons. The maximum atomic E-state index is 16.6. The third-order valence-electron chi connectivity index (χ3n) is 9.65. The van der Waals surface area contributed by atoms with Crippen molar-refractivity contribution in [3.63, 3.8) is 0 Å². The van der Waals surface area contributed by atoms with E-state index in [1.807, 2.05) is 4.90 Å². The molecule has 0 saturated carbocycles. The van der Waals surface area contributed by atoms with Crippen molar-refractivity contribution in [2.45, 2.75) is 75.4 Å². The van der Waals surface area contributed by atoms with E-state index in [1.54, 1.807) is 0 Å². The van der Waals surface area contributed by atoms with E-state index < -0.39 is 40.5 Å². The smallest absolute Gasteiger partial charge is 0.418 e. The number of hydrogen-bond donors (Lipinski definition) is 2. The van der Waals surface area contributed by atoms with Crippen molar-refractivity contribution in [1.82, 2.24) is 25.2 Å². The molecule has 0 amide bonds. The predicted octanol–water partition coefficient (Wildman–Crippen LogP) is 5.68. The highest BCUT2D eigenvalue weighted by Crippen LogP contribution is 2.45. The van der Waals surface area contributed by atoms with Crippen LogP contribution in [0.5, 0.6) is 6.01 Å². The van der Waals surface area contributed by atoms with E-state index in [-0.39, 0.29) is 46.0 Å². The molecule has 4 fully saturated rings. The van der Waals surface area contributed by atoms with Gasteiger partial charge in [0.25, 0.3) is 0 Å². The van der Waals surface area contributed by atoms with Crippen LogP contribution in [-0.2, 0) is 6.18 Å². The molecule has 4 atom stereocenters. The number of fused-ring (bicyclic) bond motifs is 4. The van der Waals surface area contributed by atoms with Crippen molar-refractivity contribution in [1.29, 1.82) is 0 Å². The van der Waals surface area contributed by atoms with Gasteiger partial charge in [0.05, 0.1) is 27.4 Å². The van der Waals surface area contributed by atoms with Gasteiger partial charge in [0.2, 0.25) is 0 Å². The fourth-order valence-corrected chi connectivity index (χ4v) is 7.98. The average molecular weight is 638 g/mol. The van der Waals surface area contributed by atoms with E-state index in [2.05, 4.69) is 20.2 Å². The number of hydrogen-bond acceptors (Lipinski definition) is 8. The molecule has 1 aromatic carbocycles. The number of pyridine rings is 1. The van der Waals surface area contributed by atoms with Crippen molar-refractivity contribution in [3.05, 3.63) is 34.1 Å². The van der Waals surface area contributed by atoms with Crippen LogP contribution < -0.4 is 20.7 Å². The molecule has 4 aliphatic rings. The summed E-state index contributed by atoms with van der Waals surface area (Å²) in [7, 11) is 0. The zero-order valence-corrected chi connectivity index (χ0v) is 24.9. The second-order valence-corrected chi connectivity index (χ2v) is 13.0. The number of halogens is 6. The number of benzene rings is 1. The van der Waals surface area contributed by atoms with Gasteiger partial charge in [0, 0.05) is 43.5 Å². The molecule has 4 aliphatic heterocycles. The largest absolute Gasteiger partial charge is 0.461 e. The van der Waals surface area contributed by atoms with Crippen LogP contribution in [0.3, 0.4) is 0 Å². The maximum Gasteiger partial charge on any atom is 0.418 e. The summed E-state index contributed by atoms with van der Waals surface area (Å²) in [6.45, 7) is 3.67. The van der Waals surface area contributed by atoms with Gasteiger partial charge in [-0.15, -0.1) is 0 Å². The first-order valence-electron chi connectivity index (χ1n) is 15.0. The molecule has 8 nitrogen and oxygen atoms in total. The van der Waals surface area contributed by atoms with Gasteiger partial charge >= 0.3 is 12.2 Å². The molecule has 0 spiro atoms. The van der Waals surface area contributed by atoms with Crippen LogP contribution in [0, 0.1) is 12.7 Å². The Morgan fingerprint density at radius 1 is 1.11 bits per heavy atom. The zero-order chi connectivity index (χ0) is 31.0. The van der Waals surface area contributed by atoms with Crippen LogP contribution in [0.4, 0.5) is 33.6 Å². The Hall–Kier alpha value is -3.03. The molecule has 236 valence electrons. The van der Waals surface area contributed by atoms with Gasteiger partial charge in [-0.2, -0.15) is 23.1 Å². The lowest BCUT2D eigenvalue weighted by atomic mass is 9.95. The molecule has 0 unspecified atom stereocenters. The summed E-state index contributed by atoms with van der Waals surface area (Å²) in [6.07, 6.45) is -0.938. The molecule has 0 aliphatic carbocycles. The van der Waals surface area contributed by atoms with Gasteiger partial charge in [-0.25, -0.2) is 13.8 Å². The highest BCUT2D eigenvalue weighted by Gasteiger charge is 2.49. The molecule has 3 aromatic rings. The number of nitrogens with two attached hydrogens (primary N) is 1. The monoisotopic (exact) mass is 637 g/mol. The average Bonchev–Trinajstić information content (AvgIpc) is 3.57. The molecule has 6 heterocycles. The van der Waals surface area contributed by atoms with Gasteiger partial charge in [0.15, 0.2) is 5.82 Å². The molecular formula is C30H33ClF5N7O. The first-order valence-corrected chi connectivity index (χ1v) is 15.4. The van der Waals surface area contributed by atoms with Gasteiger partial charge < -0.3 is 20.7 Å². The summed E-state index contributed by atoms with van der Waals surface area (Å²) in [4.78, 5) is 17.1. The van der Waals surface area contributed by atoms with Crippen LogP contribution in [0.1, 0.15) is 49.7 Å².